The molecule has 0 aliphatic heterocycles. The number of nitrogens with zero attached hydrogens (tertiary/aromatic N) is 2. The van der Waals surface area contributed by atoms with Crippen molar-refractivity contribution in [2.24, 2.45) is 9.63 Å². The number of fused-ring (bicyclic) bond motifs is 1. The molecule has 2 aromatic carbocycles. The fourth-order valence-corrected chi connectivity index (χ4v) is 3.45. The van der Waals surface area contributed by atoms with Gasteiger partial charge in [0, 0.05) is 5.39 Å². The molecule has 0 atom stereocenters. The first kappa shape index (κ1) is 16.1. The zero-order valence-electron chi connectivity index (χ0n) is 12.9. The molecule has 0 aliphatic carbocycles. The minimum Gasteiger partial charge on any atom is -0.493 e. The molecule has 0 bridgehead atoms. The Morgan fingerprint density at radius 1 is 1.12 bits per heavy atom. The van der Waals surface area contributed by atoms with Crippen LogP contribution in [0.4, 0.5) is 10.1 Å². The second-order valence-corrected chi connectivity index (χ2v) is 6.99. The Labute approximate surface area is 137 Å². The van der Waals surface area contributed by atoms with Crippen LogP contribution < -0.4 is 0 Å². The van der Waals surface area contributed by atoms with Crippen LogP contribution in [0.5, 0.6) is 5.88 Å². The topological polar surface area (TPSA) is 94.9 Å². The van der Waals surface area contributed by atoms with Crippen molar-refractivity contribution in [2.45, 2.75) is 18.7 Å². The lowest BCUT2D eigenvalue weighted by Gasteiger charge is -2.03. The first-order valence-corrected chi connectivity index (χ1v) is 8.47. The average Bonchev–Trinajstić information content (AvgIpc) is 2.82. The third kappa shape index (κ3) is 2.88. The van der Waals surface area contributed by atoms with Crippen molar-refractivity contribution in [3.63, 3.8) is 0 Å². The van der Waals surface area contributed by atoms with Crippen molar-refractivity contribution in [1.29, 1.82) is 0 Å². The molecule has 0 saturated carbocycles. The first-order valence-electron chi connectivity index (χ1n) is 7.03. The van der Waals surface area contributed by atoms with Crippen molar-refractivity contribution in [1.82, 2.24) is 4.98 Å². The maximum Gasteiger partial charge on any atom is 0.300 e. The monoisotopic (exact) mass is 347 g/mol. The van der Waals surface area contributed by atoms with Crippen molar-refractivity contribution in [3.8, 4) is 5.88 Å². The van der Waals surface area contributed by atoms with Crippen LogP contribution >= 0.6 is 0 Å². The molecule has 3 aromatic rings. The quantitative estimate of drug-likeness (QED) is 0.698. The largest absolute Gasteiger partial charge is 0.493 e. The fourth-order valence-electron chi connectivity index (χ4n) is 2.36. The molecule has 0 saturated heterocycles. The Morgan fingerprint density at radius 3 is 2.62 bits per heavy atom. The Bertz CT molecular complexity index is 1070. The van der Waals surface area contributed by atoms with Gasteiger partial charge in [0.15, 0.2) is 5.69 Å². The van der Waals surface area contributed by atoms with Crippen molar-refractivity contribution < 1.29 is 17.9 Å². The van der Waals surface area contributed by atoms with E-state index in [0.29, 0.717) is 11.1 Å². The summed E-state index contributed by atoms with van der Waals surface area (Å²) >= 11 is 0. The Kier molecular flexibility index (Phi) is 3.84. The summed E-state index contributed by atoms with van der Waals surface area (Å²) in [6, 6.07) is 8.74. The number of benzene rings is 2. The van der Waals surface area contributed by atoms with Crippen molar-refractivity contribution >= 4 is 26.6 Å². The third-order valence-corrected chi connectivity index (χ3v) is 4.88. The second-order valence-electron chi connectivity index (χ2n) is 5.44. The number of aromatic nitrogens is 1. The summed E-state index contributed by atoms with van der Waals surface area (Å²) in [6.07, 6.45) is 0. The maximum atomic E-state index is 13.4. The minimum absolute atomic E-state index is 0.0387. The Balaban J connectivity index is 2.09. The number of rotatable bonds is 3. The van der Waals surface area contributed by atoms with Crippen LogP contribution in [0.15, 0.2) is 50.9 Å². The highest BCUT2D eigenvalue weighted by Gasteiger charge is 2.18. The molecule has 2 N–H and O–H groups in total. The number of nitrogens with one attached hydrogen (secondary N) is 1. The summed E-state index contributed by atoms with van der Waals surface area (Å²) in [4.78, 5) is 2.63. The van der Waals surface area contributed by atoms with Crippen LogP contribution in [0.1, 0.15) is 11.1 Å². The Hall–Kier alpha value is -2.74. The summed E-state index contributed by atoms with van der Waals surface area (Å²) in [6.45, 7) is 3.42. The maximum absolute atomic E-state index is 13.4. The molecule has 1 aromatic heterocycles. The molecule has 3 rings (SSSR count). The van der Waals surface area contributed by atoms with Gasteiger partial charge in [0.1, 0.15) is 5.82 Å². The van der Waals surface area contributed by atoms with Crippen LogP contribution in [0.25, 0.3) is 10.9 Å². The van der Waals surface area contributed by atoms with Crippen LogP contribution in [0, 0.1) is 19.7 Å². The van der Waals surface area contributed by atoms with Crippen LogP contribution in [0.2, 0.25) is 0 Å². The highest BCUT2D eigenvalue weighted by molar-refractivity contribution is 7.90. The summed E-state index contributed by atoms with van der Waals surface area (Å²) in [5.41, 5.74) is 1.60. The second kappa shape index (κ2) is 5.72. The molecule has 124 valence electrons. The van der Waals surface area contributed by atoms with Gasteiger partial charge >= 0.3 is 0 Å². The van der Waals surface area contributed by atoms with E-state index in [1.165, 1.54) is 18.2 Å². The Morgan fingerprint density at radius 2 is 1.88 bits per heavy atom. The third-order valence-electron chi connectivity index (χ3n) is 3.58. The molecule has 1 heterocycles. The molecule has 8 heteroatoms. The average molecular weight is 347 g/mol. The van der Waals surface area contributed by atoms with Gasteiger partial charge in [-0.25, -0.2) is 4.39 Å². The van der Waals surface area contributed by atoms with Crippen molar-refractivity contribution in [2.75, 3.05) is 0 Å². The highest BCUT2D eigenvalue weighted by Crippen LogP contribution is 2.36. The lowest BCUT2D eigenvalue weighted by atomic mass is 10.2. The predicted octanol–water partition coefficient (Wildman–Crippen LogP) is 4.10. The van der Waals surface area contributed by atoms with E-state index < -0.39 is 15.8 Å². The molecule has 6 nitrogen and oxygen atoms in total. The number of aryl methyl sites for hydroxylation is 2. The van der Waals surface area contributed by atoms with Gasteiger partial charge in [-0.1, -0.05) is 16.7 Å². The highest BCUT2D eigenvalue weighted by atomic mass is 32.2. The van der Waals surface area contributed by atoms with E-state index in [4.69, 9.17) is 0 Å². The van der Waals surface area contributed by atoms with Crippen molar-refractivity contribution in [3.05, 3.63) is 53.3 Å². The van der Waals surface area contributed by atoms with Crippen LogP contribution in [-0.4, -0.2) is 18.5 Å². The molecule has 0 amide bonds. The number of hydrogen-bond donors (Lipinski definition) is 2. The summed E-state index contributed by atoms with van der Waals surface area (Å²) in [5.74, 6) is -0.911. The molecule has 0 spiro atoms. The summed E-state index contributed by atoms with van der Waals surface area (Å²) < 4.78 is 41.6. The molecule has 24 heavy (non-hydrogen) atoms. The standard InChI is InChI=1S/C16H14FN3O3S/c1-9-3-4-10(2)14(7-9)24(22,23)20-19-15-12-8-11(17)5-6-13(12)18-16(15)21/h3-8,18,21H,1-2H3. The summed E-state index contributed by atoms with van der Waals surface area (Å²) in [5, 5.41) is 13.8. The van der Waals surface area contributed by atoms with E-state index in [1.807, 2.05) is 0 Å². The SMILES string of the molecule is Cc1ccc(C)c(S(=O)(=O)N=Nc2c(O)[nH]c3ccc(F)cc23)c1. The number of H-pyrrole nitrogens is 1. The number of sulfonamides is 1. The van der Waals surface area contributed by atoms with Crippen LogP contribution in [-0.2, 0) is 10.0 Å². The van der Waals surface area contributed by atoms with E-state index in [-0.39, 0.29) is 21.8 Å². The van der Waals surface area contributed by atoms with Crippen LogP contribution in [0.3, 0.4) is 0 Å². The van der Waals surface area contributed by atoms with Gasteiger partial charge in [0.25, 0.3) is 10.0 Å². The molecular formula is C16H14FN3O3S. The zero-order chi connectivity index (χ0) is 17.5. The van der Waals surface area contributed by atoms with Gasteiger partial charge in [-0.2, -0.15) is 8.42 Å². The number of aromatic hydroxyl groups is 1. The number of hydrogen-bond acceptors (Lipinski definition) is 4. The molecule has 0 radical (unpaired) electrons. The molecule has 0 fully saturated rings. The smallest absolute Gasteiger partial charge is 0.300 e. The first-order chi connectivity index (χ1) is 11.3. The van der Waals surface area contributed by atoms with Gasteiger partial charge in [0.05, 0.1) is 10.4 Å². The van der Waals surface area contributed by atoms with Gasteiger partial charge < -0.3 is 10.1 Å². The molecular weight excluding hydrogens is 333 g/mol. The van der Waals surface area contributed by atoms with Gasteiger partial charge in [-0.3, -0.25) is 0 Å². The fraction of sp³-hybridized carbons (Fsp3) is 0.125. The van der Waals surface area contributed by atoms with E-state index in [9.17, 15) is 17.9 Å². The van der Waals surface area contributed by atoms with E-state index in [2.05, 4.69) is 14.6 Å². The minimum atomic E-state index is -4.05. The summed E-state index contributed by atoms with van der Waals surface area (Å²) in [7, 11) is -4.05. The number of aromatic amines is 1. The zero-order valence-corrected chi connectivity index (χ0v) is 13.7. The molecule has 0 aliphatic rings. The normalized spacial score (nSPS) is 12.3. The number of halogens is 1. The lowest BCUT2D eigenvalue weighted by molar-refractivity contribution is 0.459. The van der Waals surface area contributed by atoms with E-state index in [1.54, 1.807) is 26.0 Å². The van der Waals surface area contributed by atoms with Gasteiger partial charge in [-0.05, 0) is 49.2 Å². The van der Waals surface area contributed by atoms with Gasteiger partial charge in [0.2, 0.25) is 5.88 Å². The van der Waals surface area contributed by atoms with E-state index >= 15 is 0 Å². The van der Waals surface area contributed by atoms with Gasteiger partial charge in [-0.15, -0.1) is 5.11 Å². The lowest BCUT2D eigenvalue weighted by Crippen LogP contribution is -1.99. The molecule has 0 unspecified atom stereocenters. The van der Waals surface area contributed by atoms with E-state index in [0.717, 1.165) is 11.6 Å². The predicted molar refractivity (Wildman–Crippen MR) is 87.5 cm³/mol.